The number of likely N-dealkylation sites (tertiary alicyclic amines) is 1. The molecular weight excluding hydrogens is 214 g/mol. The maximum atomic E-state index is 10.6. The standard InChI is InChI=1S/C9H21N3O2S/c10-4-1-9(11)8-2-5-12(6-3-8)7-15(13)14/h8-9H,1-7,10-11H2,(H,13,14). The molecule has 6 heteroatoms. The highest BCUT2D eigenvalue weighted by Gasteiger charge is 2.24. The molecule has 0 amide bonds. The molecule has 1 heterocycles. The summed E-state index contributed by atoms with van der Waals surface area (Å²) in [6, 6.07) is 0.191. The van der Waals surface area contributed by atoms with E-state index in [-0.39, 0.29) is 11.9 Å². The molecule has 0 spiro atoms. The van der Waals surface area contributed by atoms with Crippen LogP contribution in [-0.4, -0.2) is 45.2 Å². The molecule has 5 N–H and O–H groups in total. The van der Waals surface area contributed by atoms with Gasteiger partial charge in [-0.05, 0) is 44.8 Å². The molecule has 1 aliphatic rings. The molecule has 0 radical (unpaired) electrons. The van der Waals surface area contributed by atoms with Gasteiger partial charge < -0.3 is 16.0 Å². The van der Waals surface area contributed by atoms with Crippen LogP contribution < -0.4 is 11.5 Å². The molecule has 2 unspecified atom stereocenters. The summed E-state index contributed by atoms with van der Waals surface area (Å²) in [6.07, 6.45) is 2.90. The van der Waals surface area contributed by atoms with Gasteiger partial charge in [-0.1, -0.05) is 0 Å². The molecule has 1 rings (SSSR count). The van der Waals surface area contributed by atoms with Gasteiger partial charge in [0.05, 0.1) is 0 Å². The zero-order valence-corrected chi connectivity index (χ0v) is 9.79. The quantitative estimate of drug-likeness (QED) is 0.561. The molecule has 2 atom stereocenters. The van der Waals surface area contributed by atoms with E-state index in [2.05, 4.69) is 0 Å². The Morgan fingerprint density at radius 1 is 1.47 bits per heavy atom. The number of hydrogen-bond acceptors (Lipinski definition) is 4. The normalized spacial score (nSPS) is 23.9. The molecule has 0 aromatic heterocycles. The minimum absolute atomic E-state index is 0.191. The monoisotopic (exact) mass is 235 g/mol. The van der Waals surface area contributed by atoms with Crippen LogP contribution in [0.1, 0.15) is 19.3 Å². The van der Waals surface area contributed by atoms with Gasteiger partial charge in [-0.15, -0.1) is 0 Å². The molecule has 15 heavy (non-hydrogen) atoms. The van der Waals surface area contributed by atoms with E-state index in [1.54, 1.807) is 0 Å². The first-order valence-electron chi connectivity index (χ1n) is 5.39. The molecule has 0 aliphatic carbocycles. The van der Waals surface area contributed by atoms with Crippen LogP contribution in [0.2, 0.25) is 0 Å². The van der Waals surface area contributed by atoms with Gasteiger partial charge in [0.25, 0.3) is 0 Å². The van der Waals surface area contributed by atoms with E-state index in [1.807, 2.05) is 4.90 Å². The van der Waals surface area contributed by atoms with Crippen LogP contribution in [-0.2, 0) is 11.1 Å². The summed E-state index contributed by atoms with van der Waals surface area (Å²) in [5.74, 6) is 0.788. The number of nitrogens with zero attached hydrogens (tertiary/aromatic N) is 1. The van der Waals surface area contributed by atoms with Crippen molar-refractivity contribution in [3.8, 4) is 0 Å². The minimum Gasteiger partial charge on any atom is -0.330 e. The lowest BCUT2D eigenvalue weighted by molar-refractivity contribution is 0.186. The Labute approximate surface area is 93.5 Å². The van der Waals surface area contributed by atoms with Crippen molar-refractivity contribution >= 4 is 11.1 Å². The highest BCUT2D eigenvalue weighted by atomic mass is 32.2. The van der Waals surface area contributed by atoms with Crippen molar-refractivity contribution in [2.24, 2.45) is 17.4 Å². The summed E-state index contributed by atoms with van der Waals surface area (Å²) in [6.45, 7) is 2.38. The molecule has 0 saturated carbocycles. The van der Waals surface area contributed by atoms with Crippen LogP contribution in [0.3, 0.4) is 0 Å². The minimum atomic E-state index is -1.71. The third-order valence-corrected chi connectivity index (χ3v) is 3.62. The molecule has 0 aromatic rings. The Bertz CT molecular complexity index is 208. The zero-order chi connectivity index (χ0) is 11.3. The third-order valence-electron chi connectivity index (χ3n) is 3.03. The van der Waals surface area contributed by atoms with E-state index >= 15 is 0 Å². The SMILES string of the molecule is NCCC(N)C1CCN(CS(=O)O)CC1. The van der Waals surface area contributed by atoms with Gasteiger partial charge in [-0.3, -0.25) is 4.90 Å². The van der Waals surface area contributed by atoms with Crippen molar-refractivity contribution in [3.63, 3.8) is 0 Å². The molecule has 0 bridgehead atoms. The number of nitrogens with two attached hydrogens (primary N) is 2. The second-order valence-corrected chi connectivity index (χ2v) is 5.05. The molecule has 1 saturated heterocycles. The summed E-state index contributed by atoms with van der Waals surface area (Å²) in [5, 5.41) is 0. The van der Waals surface area contributed by atoms with E-state index in [1.165, 1.54) is 0 Å². The van der Waals surface area contributed by atoms with Gasteiger partial charge in [0, 0.05) is 6.04 Å². The molecular formula is C9H21N3O2S. The number of rotatable bonds is 5. The Morgan fingerprint density at radius 2 is 2.07 bits per heavy atom. The Kier molecular flexibility index (Phi) is 5.70. The summed E-state index contributed by atoms with van der Waals surface area (Å²) < 4.78 is 19.4. The predicted octanol–water partition coefficient (Wildman–Crippen LogP) is -0.446. The number of piperidine rings is 1. The lowest BCUT2D eigenvalue weighted by Gasteiger charge is -2.33. The Balaban J connectivity index is 2.26. The fourth-order valence-corrected chi connectivity index (χ4v) is 2.67. The Hall–Kier alpha value is -0.0100. The molecule has 0 aromatic carbocycles. The lowest BCUT2D eigenvalue weighted by atomic mass is 9.88. The molecule has 90 valence electrons. The summed E-state index contributed by atoms with van der Waals surface area (Å²) in [5.41, 5.74) is 11.5. The predicted molar refractivity (Wildman–Crippen MR) is 61.6 cm³/mol. The van der Waals surface area contributed by atoms with Gasteiger partial charge >= 0.3 is 0 Å². The van der Waals surface area contributed by atoms with E-state index in [9.17, 15) is 4.21 Å². The first-order chi connectivity index (χ1) is 7.13. The molecule has 1 fully saturated rings. The van der Waals surface area contributed by atoms with Gasteiger partial charge in [0.1, 0.15) is 5.88 Å². The average Bonchev–Trinajstić information content (AvgIpc) is 2.18. The number of hydrogen-bond donors (Lipinski definition) is 3. The first kappa shape index (κ1) is 13.1. The van der Waals surface area contributed by atoms with Crippen LogP contribution in [0.15, 0.2) is 0 Å². The zero-order valence-electron chi connectivity index (χ0n) is 8.97. The van der Waals surface area contributed by atoms with Crippen molar-refractivity contribution < 1.29 is 8.76 Å². The second-order valence-electron chi connectivity index (χ2n) is 4.15. The molecule has 1 aliphatic heterocycles. The summed E-state index contributed by atoms with van der Waals surface area (Å²) >= 11 is -1.71. The van der Waals surface area contributed by atoms with E-state index < -0.39 is 11.1 Å². The fraction of sp³-hybridized carbons (Fsp3) is 1.00. The maximum Gasteiger partial charge on any atom is 0.167 e. The van der Waals surface area contributed by atoms with Gasteiger partial charge in [-0.2, -0.15) is 0 Å². The van der Waals surface area contributed by atoms with Gasteiger partial charge in [-0.25, -0.2) is 4.21 Å². The third kappa shape index (κ3) is 4.56. The van der Waals surface area contributed by atoms with Crippen LogP contribution in [0.25, 0.3) is 0 Å². The second kappa shape index (κ2) is 6.55. The van der Waals surface area contributed by atoms with Crippen LogP contribution >= 0.6 is 0 Å². The lowest BCUT2D eigenvalue weighted by Crippen LogP contribution is -2.42. The topological polar surface area (TPSA) is 92.6 Å². The van der Waals surface area contributed by atoms with E-state index in [0.29, 0.717) is 12.5 Å². The first-order valence-corrected chi connectivity index (χ1v) is 6.66. The van der Waals surface area contributed by atoms with Gasteiger partial charge in [0.15, 0.2) is 11.1 Å². The molecule has 5 nitrogen and oxygen atoms in total. The summed E-state index contributed by atoms with van der Waals surface area (Å²) in [4.78, 5) is 2.02. The van der Waals surface area contributed by atoms with Crippen molar-refractivity contribution in [1.29, 1.82) is 0 Å². The Morgan fingerprint density at radius 3 is 2.53 bits per heavy atom. The largest absolute Gasteiger partial charge is 0.330 e. The van der Waals surface area contributed by atoms with Crippen molar-refractivity contribution in [2.45, 2.75) is 25.3 Å². The smallest absolute Gasteiger partial charge is 0.167 e. The maximum absolute atomic E-state index is 10.6. The van der Waals surface area contributed by atoms with Crippen molar-refractivity contribution in [3.05, 3.63) is 0 Å². The highest BCUT2D eigenvalue weighted by molar-refractivity contribution is 7.79. The van der Waals surface area contributed by atoms with Crippen LogP contribution in [0.4, 0.5) is 0 Å². The van der Waals surface area contributed by atoms with Crippen molar-refractivity contribution in [1.82, 2.24) is 4.90 Å². The highest BCUT2D eigenvalue weighted by Crippen LogP contribution is 2.20. The summed E-state index contributed by atoms with van der Waals surface area (Å²) in [7, 11) is 0. The fourth-order valence-electron chi connectivity index (χ4n) is 2.09. The van der Waals surface area contributed by atoms with Crippen molar-refractivity contribution in [2.75, 3.05) is 25.5 Å². The van der Waals surface area contributed by atoms with Gasteiger partial charge in [0.2, 0.25) is 0 Å². The average molecular weight is 235 g/mol. The van der Waals surface area contributed by atoms with Crippen LogP contribution in [0.5, 0.6) is 0 Å². The van der Waals surface area contributed by atoms with E-state index in [0.717, 1.165) is 32.4 Å². The van der Waals surface area contributed by atoms with Crippen LogP contribution in [0, 0.1) is 5.92 Å². The van der Waals surface area contributed by atoms with E-state index in [4.69, 9.17) is 16.0 Å².